The molecule has 1 heterocycles. The minimum absolute atomic E-state index is 0.207. The maximum atomic E-state index is 12.5. The molecule has 1 saturated carbocycles. The molecule has 1 aromatic rings. The third-order valence-corrected chi connectivity index (χ3v) is 2.22. The fourth-order valence-electron chi connectivity index (χ4n) is 1.28. The number of nitrogens with zero attached hydrogens (tertiary/aromatic N) is 1. The molecule has 2 N–H and O–H groups in total. The lowest BCUT2D eigenvalue weighted by molar-refractivity contribution is 0.275. The maximum absolute atomic E-state index is 12.5. The van der Waals surface area contributed by atoms with Crippen LogP contribution in [0.2, 0.25) is 0 Å². The van der Waals surface area contributed by atoms with Gasteiger partial charge in [0.25, 0.3) is 0 Å². The highest BCUT2D eigenvalue weighted by atomic mass is 19.1. The van der Waals surface area contributed by atoms with Crippen LogP contribution in [0.15, 0.2) is 18.3 Å². The van der Waals surface area contributed by atoms with Gasteiger partial charge in [-0.05, 0) is 18.6 Å². The van der Waals surface area contributed by atoms with E-state index in [2.05, 4.69) is 10.3 Å². The van der Waals surface area contributed by atoms with E-state index in [1.807, 2.05) is 0 Å². The zero-order chi connectivity index (χ0) is 9.26. The SMILES string of the molecule is OC[C@@H]1C[C@H]1Nc1ccc(F)cn1. The molecule has 3 nitrogen and oxygen atoms in total. The van der Waals surface area contributed by atoms with Crippen molar-refractivity contribution in [3.05, 3.63) is 24.1 Å². The minimum Gasteiger partial charge on any atom is -0.396 e. The third-order valence-electron chi connectivity index (χ3n) is 2.22. The quantitative estimate of drug-likeness (QED) is 0.733. The standard InChI is InChI=1S/C9H11FN2O/c10-7-1-2-9(11-4-7)12-8-3-6(8)5-13/h1-2,4,6,8,13H,3,5H2,(H,11,12)/t6-,8+/m0/s1. The van der Waals surface area contributed by atoms with Crippen LogP contribution in [-0.2, 0) is 0 Å². The van der Waals surface area contributed by atoms with Gasteiger partial charge in [-0.25, -0.2) is 9.37 Å². The van der Waals surface area contributed by atoms with Crippen molar-refractivity contribution in [1.82, 2.24) is 4.98 Å². The van der Waals surface area contributed by atoms with E-state index in [9.17, 15) is 4.39 Å². The molecule has 70 valence electrons. The fraction of sp³-hybridized carbons (Fsp3) is 0.444. The molecule has 0 bridgehead atoms. The molecule has 0 saturated heterocycles. The summed E-state index contributed by atoms with van der Waals surface area (Å²) in [4.78, 5) is 3.86. The number of aliphatic hydroxyl groups is 1. The Balaban J connectivity index is 1.92. The third kappa shape index (κ3) is 1.95. The highest BCUT2D eigenvalue weighted by Gasteiger charge is 2.36. The number of aliphatic hydroxyl groups excluding tert-OH is 1. The van der Waals surface area contributed by atoms with Gasteiger partial charge in [-0.15, -0.1) is 0 Å². The Morgan fingerprint density at radius 3 is 3.00 bits per heavy atom. The first-order chi connectivity index (χ1) is 6.29. The molecule has 1 aliphatic rings. The van der Waals surface area contributed by atoms with Crippen LogP contribution in [0.3, 0.4) is 0 Å². The molecule has 2 atom stereocenters. The largest absolute Gasteiger partial charge is 0.396 e. The molecule has 0 unspecified atom stereocenters. The van der Waals surface area contributed by atoms with E-state index in [-0.39, 0.29) is 12.4 Å². The zero-order valence-corrected chi connectivity index (χ0v) is 7.07. The monoisotopic (exact) mass is 182 g/mol. The van der Waals surface area contributed by atoms with Gasteiger partial charge in [-0.3, -0.25) is 0 Å². The molecule has 1 fully saturated rings. The molecule has 13 heavy (non-hydrogen) atoms. The fourth-order valence-corrected chi connectivity index (χ4v) is 1.28. The van der Waals surface area contributed by atoms with E-state index < -0.39 is 0 Å². The first-order valence-electron chi connectivity index (χ1n) is 4.28. The van der Waals surface area contributed by atoms with Crippen molar-refractivity contribution in [1.29, 1.82) is 0 Å². The van der Waals surface area contributed by atoms with Gasteiger partial charge in [0.05, 0.1) is 6.20 Å². The van der Waals surface area contributed by atoms with Crippen molar-refractivity contribution in [2.75, 3.05) is 11.9 Å². The van der Waals surface area contributed by atoms with Gasteiger partial charge in [0.2, 0.25) is 0 Å². The molecule has 1 aromatic heterocycles. The zero-order valence-electron chi connectivity index (χ0n) is 7.07. The van der Waals surface area contributed by atoms with Crippen molar-refractivity contribution >= 4 is 5.82 Å². The van der Waals surface area contributed by atoms with E-state index in [1.165, 1.54) is 12.3 Å². The number of aromatic nitrogens is 1. The van der Waals surface area contributed by atoms with E-state index in [4.69, 9.17) is 5.11 Å². The molecular formula is C9H11FN2O. The second-order valence-corrected chi connectivity index (χ2v) is 3.29. The Morgan fingerprint density at radius 2 is 2.46 bits per heavy atom. The Bertz CT molecular complexity index is 288. The van der Waals surface area contributed by atoms with Crippen molar-refractivity contribution in [2.45, 2.75) is 12.5 Å². The molecular weight excluding hydrogens is 171 g/mol. The summed E-state index contributed by atoms with van der Waals surface area (Å²) in [5.74, 6) is 0.675. The number of pyridine rings is 1. The van der Waals surface area contributed by atoms with Crippen molar-refractivity contribution in [3.63, 3.8) is 0 Å². The molecule has 2 rings (SSSR count). The number of halogens is 1. The topological polar surface area (TPSA) is 45.1 Å². The highest BCUT2D eigenvalue weighted by molar-refractivity contribution is 5.37. The van der Waals surface area contributed by atoms with Crippen LogP contribution in [0, 0.1) is 11.7 Å². The van der Waals surface area contributed by atoms with Crippen LogP contribution in [0.4, 0.5) is 10.2 Å². The first-order valence-corrected chi connectivity index (χ1v) is 4.28. The molecule has 0 aliphatic heterocycles. The Hall–Kier alpha value is -1.16. The second kappa shape index (κ2) is 3.30. The van der Waals surface area contributed by atoms with E-state index in [0.29, 0.717) is 17.8 Å². The van der Waals surface area contributed by atoms with Crippen LogP contribution >= 0.6 is 0 Å². The summed E-state index contributed by atoms with van der Waals surface area (Å²) in [6, 6.07) is 3.27. The van der Waals surface area contributed by atoms with Gasteiger partial charge in [-0.1, -0.05) is 0 Å². The van der Waals surface area contributed by atoms with E-state index >= 15 is 0 Å². The normalized spacial score (nSPS) is 25.7. The van der Waals surface area contributed by atoms with Crippen LogP contribution in [0.25, 0.3) is 0 Å². The Kier molecular flexibility index (Phi) is 2.14. The predicted octanol–water partition coefficient (Wildman–Crippen LogP) is 1.01. The molecule has 0 amide bonds. The van der Waals surface area contributed by atoms with Gasteiger partial charge in [-0.2, -0.15) is 0 Å². The first kappa shape index (κ1) is 8.44. The van der Waals surface area contributed by atoms with Gasteiger partial charge < -0.3 is 10.4 Å². The molecule has 4 heteroatoms. The smallest absolute Gasteiger partial charge is 0.141 e. The number of anilines is 1. The lowest BCUT2D eigenvalue weighted by atomic mass is 10.4. The van der Waals surface area contributed by atoms with Crippen molar-refractivity contribution < 1.29 is 9.50 Å². The van der Waals surface area contributed by atoms with E-state index in [1.54, 1.807) is 6.07 Å². The summed E-state index contributed by atoms with van der Waals surface area (Å²) in [5.41, 5.74) is 0. The van der Waals surface area contributed by atoms with Crippen LogP contribution < -0.4 is 5.32 Å². The summed E-state index contributed by atoms with van der Waals surface area (Å²) in [5, 5.41) is 11.9. The summed E-state index contributed by atoms with van der Waals surface area (Å²) >= 11 is 0. The molecule has 1 aliphatic carbocycles. The summed E-state index contributed by atoms with van der Waals surface area (Å²) in [7, 11) is 0. The van der Waals surface area contributed by atoms with Crippen molar-refractivity contribution in [2.24, 2.45) is 5.92 Å². The van der Waals surface area contributed by atoms with Gasteiger partial charge >= 0.3 is 0 Å². The van der Waals surface area contributed by atoms with Crippen LogP contribution in [0.1, 0.15) is 6.42 Å². The molecule has 0 aromatic carbocycles. The highest BCUT2D eigenvalue weighted by Crippen LogP contribution is 2.32. The number of rotatable bonds is 3. The van der Waals surface area contributed by atoms with Gasteiger partial charge in [0.1, 0.15) is 11.6 Å². The van der Waals surface area contributed by atoms with Gasteiger partial charge in [0, 0.05) is 18.6 Å². The minimum atomic E-state index is -0.333. The average Bonchev–Trinajstić information content (AvgIpc) is 2.88. The lowest BCUT2D eigenvalue weighted by Crippen LogP contribution is -2.07. The van der Waals surface area contributed by atoms with Gasteiger partial charge in [0.15, 0.2) is 0 Å². The Morgan fingerprint density at radius 1 is 1.62 bits per heavy atom. The average molecular weight is 182 g/mol. The summed E-state index contributed by atoms with van der Waals surface area (Å²) in [6.45, 7) is 0.207. The Labute approximate surface area is 75.6 Å². The lowest BCUT2D eigenvalue weighted by Gasteiger charge is -2.02. The number of hydrogen-bond donors (Lipinski definition) is 2. The second-order valence-electron chi connectivity index (χ2n) is 3.29. The number of hydrogen-bond acceptors (Lipinski definition) is 3. The molecule has 0 radical (unpaired) electrons. The summed E-state index contributed by atoms with van der Waals surface area (Å²) < 4.78 is 12.5. The van der Waals surface area contributed by atoms with E-state index in [0.717, 1.165) is 6.42 Å². The number of nitrogens with one attached hydrogen (secondary N) is 1. The van der Waals surface area contributed by atoms with Crippen LogP contribution in [0.5, 0.6) is 0 Å². The maximum Gasteiger partial charge on any atom is 0.141 e. The predicted molar refractivity (Wildman–Crippen MR) is 46.8 cm³/mol. The molecule has 0 spiro atoms. The van der Waals surface area contributed by atoms with Crippen molar-refractivity contribution in [3.8, 4) is 0 Å². The summed E-state index contributed by atoms with van der Waals surface area (Å²) in [6.07, 6.45) is 2.15. The van der Waals surface area contributed by atoms with Crippen LogP contribution in [-0.4, -0.2) is 22.7 Å².